The Morgan fingerprint density at radius 3 is 2.85 bits per heavy atom. The van der Waals surface area contributed by atoms with Gasteiger partial charge in [-0.1, -0.05) is 13.3 Å². The van der Waals surface area contributed by atoms with E-state index in [-0.39, 0.29) is 17.0 Å². The molecule has 1 saturated heterocycles. The zero-order valence-corrected chi connectivity index (χ0v) is 11.4. The fourth-order valence-electron chi connectivity index (χ4n) is 2.91. The first-order valence-electron chi connectivity index (χ1n) is 6.75. The molecule has 0 spiro atoms. The van der Waals surface area contributed by atoms with E-state index in [1.807, 2.05) is 6.92 Å². The Bertz CT molecular complexity index is 581. The number of carboxylic acids is 1. The maximum atomic E-state index is 12.5. The van der Waals surface area contributed by atoms with E-state index in [2.05, 4.69) is 4.98 Å². The summed E-state index contributed by atoms with van der Waals surface area (Å²) in [4.78, 5) is 39.3. The third kappa shape index (κ3) is 2.33. The summed E-state index contributed by atoms with van der Waals surface area (Å²) in [5.41, 5.74) is -1.27. The topological polar surface area (TPSA) is 90.5 Å². The number of aromatic nitrogens is 1. The summed E-state index contributed by atoms with van der Waals surface area (Å²) in [6, 6.07) is 2.71. The number of carbonyl (C=O) groups excluding carboxylic acids is 1. The summed E-state index contributed by atoms with van der Waals surface area (Å²) in [6.07, 6.45) is 3.64. The van der Waals surface area contributed by atoms with Gasteiger partial charge in [0.15, 0.2) is 0 Å². The first-order chi connectivity index (χ1) is 9.51. The number of likely N-dealkylation sites (tertiary alicyclic amines) is 1. The molecule has 0 radical (unpaired) electrons. The molecule has 1 aliphatic heterocycles. The Labute approximate surface area is 116 Å². The second kappa shape index (κ2) is 5.48. The summed E-state index contributed by atoms with van der Waals surface area (Å²) in [5.74, 6) is -1.35. The average Bonchev–Trinajstić information content (AvgIpc) is 2.83. The number of hydrogen-bond acceptors (Lipinski definition) is 3. The van der Waals surface area contributed by atoms with Gasteiger partial charge in [0.05, 0.1) is 0 Å². The van der Waals surface area contributed by atoms with Crippen LogP contribution in [0.5, 0.6) is 0 Å². The minimum absolute atomic E-state index is 0.234. The summed E-state index contributed by atoms with van der Waals surface area (Å²) >= 11 is 0. The van der Waals surface area contributed by atoms with Gasteiger partial charge in [0.1, 0.15) is 5.54 Å². The Hall–Kier alpha value is -2.11. The SMILES string of the molecule is CCCC1(C(=O)O)CCCN1C(=O)c1cc[nH]c(=O)c1. The number of nitrogens with zero attached hydrogens (tertiary/aromatic N) is 1. The summed E-state index contributed by atoms with van der Waals surface area (Å²) in [5, 5.41) is 9.55. The zero-order chi connectivity index (χ0) is 14.8. The lowest BCUT2D eigenvalue weighted by molar-refractivity contribution is -0.148. The summed E-state index contributed by atoms with van der Waals surface area (Å²) < 4.78 is 0. The highest BCUT2D eigenvalue weighted by atomic mass is 16.4. The van der Waals surface area contributed by atoms with E-state index < -0.39 is 11.5 Å². The van der Waals surface area contributed by atoms with Crippen LogP contribution in [0.25, 0.3) is 0 Å². The number of aliphatic carboxylic acids is 1. The van der Waals surface area contributed by atoms with E-state index in [1.54, 1.807) is 0 Å². The highest BCUT2D eigenvalue weighted by Gasteiger charge is 2.49. The van der Waals surface area contributed by atoms with Crippen molar-refractivity contribution < 1.29 is 14.7 Å². The van der Waals surface area contributed by atoms with Crippen LogP contribution in [0.2, 0.25) is 0 Å². The van der Waals surface area contributed by atoms with Crippen LogP contribution in [0.15, 0.2) is 23.1 Å². The van der Waals surface area contributed by atoms with Crippen molar-refractivity contribution in [1.29, 1.82) is 0 Å². The van der Waals surface area contributed by atoms with Crippen LogP contribution < -0.4 is 5.56 Å². The molecule has 1 unspecified atom stereocenters. The quantitative estimate of drug-likeness (QED) is 0.866. The van der Waals surface area contributed by atoms with Gasteiger partial charge < -0.3 is 15.0 Å². The van der Waals surface area contributed by atoms with Gasteiger partial charge in [-0.05, 0) is 25.3 Å². The molecule has 2 rings (SSSR count). The Morgan fingerprint density at radius 1 is 1.50 bits per heavy atom. The monoisotopic (exact) mass is 278 g/mol. The van der Waals surface area contributed by atoms with E-state index >= 15 is 0 Å². The van der Waals surface area contributed by atoms with Gasteiger partial charge in [-0.15, -0.1) is 0 Å². The van der Waals surface area contributed by atoms with Crippen LogP contribution >= 0.6 is 0 Å². The third-order valence-corrected chi connectivity index (χ3v) is 3.82. The van der Waals surface area contributed by atoms with Crippen molar-refractivity contribution in [2.24, 2.45) is 0 Å². The molecule has 0 bridgehead atoms. The van der Waals surface area contributed by atoms with E-state index in [1.165, 1.54) is 23.2 Å². The zero-order valence-electron chi connectivity index (χ0n) is 11.4. The standard InChI is InChI=1S/C14H18N2O4/c1-2-5-14(13(19)20)6-3-8-16(14)12(18)10-4-7-15-11(17)9-10/h4,7,9H,2-3,5-6,8H2,1H3,(H,15,17)(H,19,20). The van der Waals surface area contributed by atoms with Gasteiger partial charge in [-0.25, -0.2) is 4.79 Å². The predicted octanol–water partition coefficient (Wildman–Crippen LogP) is 1.23. The number of rotatable bonds is 4. The average molecular weight is 278 g/mol. The van der Waals surface area contributed by atoms with Crippen LogP contribution in [0.4, 0.5) is 0 Å². The van der Waals surface area contributed by atoms with E-state index in [4.69, 9.17) is 0 Å². The number of aromatic amines is 1. The molecule has 1 aliphatic rings. The molecule has 0 aromatic carbocycles. The van der Waals surface area contributed by atoms with Crippen LogP contribution in [-0.2, 0) is 4.79 Å². The highest BCUT2D eigenvalue weighted by molar-refractivity contribution is 5.98. The molecule has 108 valence electrons. The van der Waals surface area contributed by atoms with Crippen molar-refractivity contribution in [1.82, 2.24) is 9.88 Å². The van der Waals surface area contributed by atoms with Crippen molar-refractivity contribution in [3.05, 3.63) is 34.2 Å². The number of nitrogens with one attached hydrogen (secondary N) is 1. The molecule has 2 heterocycles. The molecule has 1 aromatic heterocycles. The number of hydrogen-bond donors (Lipinski definition) is 2. The lowest BCUT2D eigenvalue weighted by atomic mass is 9.90. The molecule has 0 aliphatic carbocycles. The van der Waals surface area contributed by atoms with Gasteiger partial charge in [0.2, 0.25) is 5.56 Å². The van der Waals surface area contributed by atoms with Gasteiger partial charge >= 0.3 is 5.97 Å². The van der Waals surface area contributed by atoms with Crippen molar-refractivity contribution in [3.8, 4) is 0 Å². The van der Waals surface area contributed by atoms with Crippen molar-refractivity contribution >= 4 is 11.9 Å². The highest BCUT2D eigenvalue weighted by Crippen LogP contribution is 2.35. The Kier molecular flexibility index (Phi) is 3.92. The first-order valence-corrected chi connectivity index (χ1v) is 6.75. The molecular formula is C14H18N2O4. The van der Waals surface area contributed by atoms with Crippen molar-refractivity contribution in [2.45, 2.75) is 38.1 Å². The second-order valence-corrected chi connectivity index (χ2v) is 5.09. The molecule has 6 heteroatoms. The molecule has 20 heavy (non-hydrogen) atoms. The van der Waals surface area contributed by atoms with Gasteiger partial charge in [0.25, 0.3) is 5.91 Å². The summed E-state index contributed by atoms with van der Waals surface area (Å²) in [6.45, 7) is 2.32. The van der Waals surface area contributed by atoms with E-state index in [0.29, 0.717) is 32.2 Å². The Morgan fingerprint density at radius 2 is 2.25 bits per heavy atom. The number of carboxylic acid groups (broad SMARTS) is 1. The fourth-order valence-corrected chi connectivity index (χ4v) is 2.91. The molecule has 6 nitrogen and oxygen atoms in total. The lowest BCUT2D eigenvalue weighted by Crippen LogP contribution is -2.53. The second-order valence-electron chi connectivity index (χ2n) is 5.09. The number of H-pyrrole nitrogens is 1. The third-order valence-electron chi connectivity index (χ3n) is 3.82. The van der Waals surface area contributed by atoms with Crippen LogP contribution in [0.1, 0.15) is 43.0 Å². The molecule has 1 aromatic rings. The molecular weight excluding hydrogens is 260 g/mol. The van der Waals surface area contributed by atoms with Crippen LogP contribution in [0, 0.1) is 0 Å². The minimum atomic E-state index is -1.13. The molecule has 1 fully saturated rings. The maximum Gasteiger partial charge on any atom is 0.329 e. The lowest BCUT2D eigenvalue weighted by Gasteiger charge is -2.34. The van der Waals surface area contributed by atoms with Crippen LogP contribution in [0.3, 0.4) is 0 Å². The molecule has 2 N–H and O–H groups in total. The predicted molar refractivity (Wildman–Crippen MR) is 72.6 cm³/mol. The minimum Gasteiger partial charge on any atom is -0.479 e. The fraction of sp³-hybridized carbons (Fsp3) is 0.500. The molecule has 1 atom stereocenters. The van der Waals surface area contributed by atoms with E-state index in [0.717, 1.165) is 0 Å². The number of amides is 1. The van der Waals surface area contributed by atoms with Gasteiger partial charge in [-0.2, -0.15) is 0 Å². The maximum absolute atomic E-state index is 12.5. The summed E-state index contributed by atoms with van der Waals surface area (Å²) in [7, 11) is 0. The van der Waals surface area contributed by atoms with E-state index in [9.17, 15) is 19.5 Å². The number of carbonyl (C=O) groups is 2. The van der Waals surface area contributed by atoms with Gasteiger partial charge in [-0.3, -0.25) is 9.59 Å². The smallest absolute Gasteiger partial charge is 0.329 e. The molecule has 0 saturated carbocycles. The van der Waals surface area contributed by atoms with Crippen LogP contribution in [-0.4, -0.2) is 39.0 Å². The van der Waals surface area contributed by atoms with Crippen molar-refractivity contribution in [2.75, 3.05) is 6.54 Å². The van der Waals surface area contributed by atoms with Crippen molar-refractivity contribution in [3.63, 3.8) is 0 Å². The molecule has 1 amide bonds. The number of pyridine rings is 1. The Balaban J connectivity index is 2.37. The normalized spacial score (nSPS) is 21.9. The first kappa shape index (κ1) is 14.3. The largest absolute Gasteiger partial charge is 0.479 e. The van der Waals surface area contributed by atoms with Gasteiger partial charge in [0, 0.05) is 24.4 Å².